The van der Waals surface area contributed by atoms with Crippen LogP contribution in [0.2, 0.25) is 0 Å². The molecular formula is C6H12N2O. The van der Waals surface area contributed by atoms with E-state index in [1.54, 1.807) is 20.3 Å². The van der Waals surface area contributed by atoms with Crippen LogP contribution >= 0.6 is 0 Å². The monoisotopic (exact) mass is 128 g/mol. The number of nitrogens with one attached hydrogen (secondary N) is 1. The van der Waals surface area contributed by atoms with Crippen LogP contribution in [0.5, 0.6) is 0 Å². The fourth-order valence-corrected chi connectivity index (χ4v) is 0.532. The lowest BCUT2D eigenvalue weighted by atomic mass is 10.2. The summed E-state index contributed by atoms with van der Waals surface area (Å²) < 4.78 is 0. The number of carbonyl (C=O) groups excluding carboxylic acids is 1. The lowest BCUT2D eigenvalue weighted by molar-refractivity contribution is -0.117. The molecule has 0 bridgehead atoms. The van der Waals surface area contributed by atoms with E-state index in [9.17, 15) is 4.79 Å². The fourth-order valence-electron chi connectivity index (χ4n) is 0.532. The second-order valence-electron chi connectivity index (χ2n) is 1.78. The third kappa shape index (κ3) is 2.98. The zero-order valence-corrected chi connectivity index (χ0v) is 6.01. The molecule has 52 valence electrons. The van der Waals surface area contributed by atoms with Crippen molar-refractivity contribution in [2.75, 3.05) is 14.1 Å². The van der Waals surface area contributed by atoms with Crippen LogP contribution in [0.4, 0.5) is 0 Å². The quantitative estimate of drug-likeness (QED) is 0.538. The van der Waals surface area contributed by atoms with E-state index in [4.69, 9.17) is 0 Å². The Morgan fingerprint density at radius 3 is 2.44 bits per heavy atom. The number of hydrogen-bond donors (Lipinski definition) is 1. The normalized spacial score (nSPS) is 14.1. The van der Waals surface area contributed by atoms with Crippen molar-refractivity contribution in [1.29, 1.82) is 0 Å². The summed E-state index contributed by atoms with van der Waals surface area (Å²) in [5.74, 6) is 0.0862. The number of rotatable bonds is 3. The molecule has 1 N–H and O–H groups in total. The second-order valence-corrected chi connectivity index (χ2v) is 1.78. The maximum absolute atomic E-state index is 10.6. The van der Waals surface area contributed by atoms with E-state index in [2.05, 4.69) is 10.3 Å². The minimum Gasteiger partial charge on any atom is -0.306 e. The van der Waals surface area contributed by atoms with Gasteiger partial charge in [-0.15, -0.1) is 0 Å². The Morgan fingerprint density at radius 2 is 2.33 bits per heavy atom. The topological polar surface area (TPSA) is 41.5 Å². The van der Waals surface area contributed by atoms with Crippen molar-refractivity contribution in [2.45, 2.75) is 13.0 Å². The molecule has 0 radical (unpaired) electrons. The minimum absolute atomic E-state index is 0.0862. The predicted octanol–water partition coefficient (Wildman–Crippen LogP) is -0.136. The number of Topliss-reactive ketones (excluding diaryl/α,β-unsaturated/α-hetero) is 1. The second kappa shape index (κ2) is 4.21. The standard InChI is InChI=1S/C6H12N2O/c1-5(9)6(8-3)4-7-2/h4,6,8H,1-3H3. The largest absolute Gasteiger partial charge is 0.306 e. The molecule has 0 spiro atoms. The molecule has 0 aromatic rings. The van der Waals surface area contributed by atoms with Crippen molar-refractivity contribution in [3.05, 3.63) is 0 Å². The van der Waals surface area contributed by atoms with Crippen LogP contribution in [0.15, 0.2) is 4.99 Å². The van der Waals surface area contributed by atoms with E-state index >= 15 is 0 Å². The van der Waals surface area contributed by atoms with Gasteiger partial charge in [-0.25, -0.2) is 0 Å². The Balaban J connectivity index is 3.83. The Morgan fingerprint density at radius 1 is 1.78 bits per heavy atom. The van der Waals surface area contributed by atoms with Gasteiger partial charge in [0.25, 0.3) is 0 Å². The zero-order chi connectivity index (χ0) is 7.28. The van der Waals surface area contributed by atoms with Gasteiger partial charge < -0.3 is 5.32 Å². The highest BCUT2D eigenvalue weighted by Crippen LogP contribution is 1.78. The van der Waals surface area contributed by atoms with Gasteiger partial charge in [0.15, 0.2) is 5.78 Å². The highest BCUT2D eigenvalue weighted by Gasteiger charge is 2.05. The van der Waals surface area contributed by atoms with Gasteiger partial charge in [-0.3, -0.25) is 9.79 Å². The molecule has 0 aliphatic heterocycles. The smallest absolute Gasteiger partial charge is 0.152 e. The van der Waals surface area contributed by atoms with Gasteiger partial charge in [0.05, 0.1) is 0 Å². The SMILES string of the molecule is CN=CC(NC)C(C)=O. The van der Waals surface area contributed by atoms with Crippen LogP contribution in [0.25, 0.3) is 0 Å². The molecule has 0 rings (SSSR count). The lowest BCUT2D eigenvalue weighted by Gasteiger charge is -2.03. The van der Waals surface area contributed by atoms with Crippen LogP contribution in [0.1, 0.15) is 6.92 Å². The molecule has 0 fully saturated rings. The molecule has 9 heavy (non-hydrogen) atoms. The van der Waals surface area contributed by atoms with Gasteiger partial charge in [0.1, 0.15) is 6.04 Å². The first kappa shape index (κ1) is 8.30. The first-order valence-electron chi connectivity index (χ1n) is 2.82. The Bertz CT molecular complexity index is 120. The third-order valence-electron chi connectivity index (χ3n) is 1.05. The van der Waals surface area contributed by atoms with Crippen molar-refractivity contribution in [3.8, 4) is 0 Å². The molecule has 0 saturated heterocycles. The Labute approximate surface area is 55.2 Å². The zero-order valence-electron chi connectivity index (χ0n) is 6.01. The van der Waals surface area contributed by atoms with Crippen molar-refractivity contribution >= 4 is 12.0 Å². The average Bonchev–Trinajstić information content (AvgIpc) is 1.82. The fraction of sp³-hybridized carbons (Fsp3) is 0.667. The van der Waals surface area contributed by atoms with Crippen LogP contribution < -0.4 is 5.32 Å². The van der Waals surface area contributed by atoms with Gasteiger partial charge in [-0.2, -0.15) is 0 Å². The van der Waals surface area contributed by atoms with Crippen LogP contribution in [0.3, 0.4) is 0 Å². The third-order valence-corrected chi connectivity index (χ3v) is 1.05. The van der Waals surface area contributed by atoms with Crippen LogP contribution in [-0.2, 0) is 4.79 Å². The van der Waals surface area contributed by atoms with Crippen molar-refractivity contribution in [3.63, 3.8) is 0 Å². The maximum atomic E-state index is 10.6. The minimum atomic E-state index is -0.213. The van der Waals surface area contributed by atoms with Gasteiger partial charge in [0, 0.05) is 13.3 Å². The molecule has 3 nitrogen and oxygen atoms in total. The molecular weight excluding hydrogens is 116 g/mol. The van der Waals surface area contributed by atoms with Crippen molar-refractivity contribution in [2.24, 2.45) is 4.99 Å². The average molecular weight is 128 g/mol. The number of nitrogens with zero attached hydrogens (tertiary/aromatic N) is 1. The first-order valence-corrected chi connectivity index (χ1v) is 2.82. The number of hydrogen-bond acceptors (Lipinski definition) is 3. The molecule has 0 aliphatic carbocycles. The maximum Gasteiger partial charge on any atom is 0.152 e. The van der Waals surface area contributed by atoms with Crippen LogP contribution in [-0.4, -0.2) is 32.1 Å². The van der Waals surface area contributed by atoms with E-state index in [-0.39, 0.29) is 11.8 Å². The van der Waals surface area contributed by atoms with Crippen molar-refractivity contribution in [1.82, 2.24) is 5.32 Å². The van der Waals surface area contributed by atoms with Gasteiger partial charge in [-0.05, 0) is 14.0 Å². The summed E-state index contributed by atoms with van der Waals surface area (Å²) in [6, 6.07) is -0.213. The molecule has 1 atom stereocenters. The highest BCUT2D eigenvalue weighted by molar-refractivity contribution is 5.97. The summed E-state index contributed by atoms with van der Waals surface area (Å²) in [7, 11) is 3.38. The summed E-state index contributed by atoms with van der Waals surface area (Å²) in [5, 5.41) is 2.80. The van der Waals surface area contributed by atoms with Gasteiger partial charge >= 0.3 is 0 Å². The molecule has 3 heteroatoms. The molecule has 0 aliphatic rings. The number of carbonyl (C=O) groups is 1. The Kier molecular flexibility index (Phi) is 3.88. The van der Waals surface area contributed by atoms with E-state index < -0.39 is 0 Å². The van der Waals surface area contributed by atoms with E-state index in [0.717, 1.165) is 0 Å². The van der Waals surface area contributed by atoms with E-state index in [1.807, 2.05) is 0 Å². The molecule has 0 aromatic carbocycles. The van der Waals surface area contributed by atoms with Gasteiger partial charge in [-0.1, -0.05) is 0 Å². The van der Waals surface area contributed by atoms with Crippen molar-refractivity contribution < 1.29 is 4.79 Å². The molecule has 0 amide bonds. The molecule has 1 unspecified atom stereocenters. The Hall–Kier alpha value is -0.700. The first-order chi connectivity index (χ1) is 4.22. The summed E-state index contributed by atoms with van der Waals surface area (Å²) in [4.78, 5) is 14.3. The summed E-state index contributed by atoms with van der Waals surface area (Å²) >= 11 is 0. The summed E-state index contributed by atoms with van der Waals surface area (Å²) in [6.07, 6.45) is 1.59. The number of ketones is 1. The van der Waals surface area contributed by atoms with Crippen LogP contribution in [0, 0.1) is 0 Å². The molecule has 0 saturated carbocycles. The molecule has 0 heterocycles. The van der Waals surface area contributed by atoms with E-state index in [1.165, 1.54) is 6.92 Å². The number of likely N-dealkylation sites (N-methyl/N-ethyl adjacent to an activating group) is 1. The highest BCUT2D eigenvalue weighted by atomic mass is 16.1. The molecule has 0 aromatic heterocycles. The van der Waals surface area contributed by atoms with Gasteiger partial charge in [0.2, 0.25) is 0 Å². The lowest BCUT2D eigenvalue weighted by Crippen LogP contribution is -2.33. The summed E-state index contributed by atoms with van der Waals surface area (Å²) in [5.41, 5.74) is 0. The summed E-state index contributed by atoms with van der Waals surface area (Å²) in [6.45, 7) is 1.53. The number of aliphatic imine (C=N–C) groups is 1. The predicted molar refractivity (Wildman–Crippen MR) is 37.9 cm³/mol. The van der Waals surface area contributed by atoms with E-state index in [0.29, 0.717) is 0 Å².